The van der Waals surface area contributed by atoms with E-state index in [1.807, 2.05) is 0 Å². The summed E-state index contributed by atoms with van der Waals surface area (Å²) in [5.74, 6) is -3.83. The van der Waals surface area contributed by atoms with Crippen LogP contribution in [0.25, 0.3) is 0 Å². The standard InChI is InChI=1S/C27H25F3N2O6/c1-3-37-25(35)20-12-31(16-7-8-17-14(2)24(34)38-13-15(17)11-16)26(36)32(23(20)33)22-10-9-18-19(22)5-4-6-21(18)27(28,29)30/h4-8,11,14,20,22H,3,9-10,12-13H2,1-2H3/t14?,20?,22-/m1/s1. The first-order valence-corrected chi connectivity index (χ1v) is 12.3. The number of rotatable bonds is 4. The van der Waals surface area contributed by atoms with Gasteiger partial charge in [0.15, 0.2) is 5.92 Å². The highest BCUT2D eigenvalue weighted by atomic mass is 19.4. The van der Waals surface area contributed by atoms with Gasteiger partial charge in [0.05, 0.1) is 30.7 Å². The van der Waals surface area contributed by atoms with Gasteiger partial charge < -0.3 is 9.47 Å². The number of urea groups is 1. The van der Waals surface area contributed by atoms with Crippen LogP contribution in [-0.4, -0.2) is 41.9 Å². The second kappa shape index (κ2) is 9.45. The number of cyclic esters (lactones) is 1. The third-order valence-electron chi connectivity index (χ3n) is 7.39. The third kappa shape index (κ3) is 4.19. The van der Waals surface area contributed by atoms with Crippen LogP contribution in [0.5, 0.6) is 0 Å². The molecular formula is C27H25F3N2O6. The van der Waals surface area contributed by atoms with E-state index in [2.05, 4.69) is 0 Å². The Bertz CT molecular complexity index is 1340. The van der Waals surface area contributed by atoms with E-state index in [9.17, 15) is 32.3 Å². The summed E-state index contributed by atoms with van der Waals surface area (Å²) >= 11 is 0. The molecule has 1 saturated heterocycles. The van der Waals surface area contributed by atoms with Crippen LogP contribution in [0.4, 0.5) is 23.7 Å². The van der Waals surface area contributed by atoms with Crippen molar-refractivity contribution in [2.45, 2.75) is 51.4 Å². The second-order valence-corrected chi connectivity index (χ2v) is 9.54. The van der Waals surface area contributed by atoms with Crippen LogP contribution in [0, 0.1) is 5.92 Å². The summed E-state index contributed by atoms with van der Waals surface area (Å²) < 4.78 is 51.2. The Kier molecular flexibility index (Phi) is 6.40. The monoisotopic (exact) mass is 530 g/mol. The number of carbonyl (C=O) groups is 4. The maximum Gasteiger partial charge on any atom is 0.416 e. The molecule has 2 aromatic rings. The van der Waals surface area contributed by atoms with Gasteiger partial charge >= 0.3 is 24.1 Å². The van der Waals surface area contributed by atoms with E-state index in [-0.39, 0.29) is 49.7 Å². The van der Waals surface area contributed by atoms with Crippen LogP contribution in [0.1, 0.15) is 60.0 Å². The van der Waals surface area contributed by atoms with Crippen molar-refractivity contribution >= 4 is 29.6 Å². The van der Waals surface area contributed by atoms with Gasteiger partial charge in [-0.3, -0.25) is 24.2 Å². The Hall–Kier alpha value is -3.89. The van der Waals surface area contributed by atoms with Gasteiger partial charge in [-0.15, -0.1) is 0 Å². The maximum absolute atomic E-state index is 13.8. The first-order chi connectivity index (χ1) is 18.0. The molecule has 0 bridgehead atoms. The maximum atomic E-state index is 13.8. The summed E-state index contributed by atoms with van der Waals surface area (Å²) in [6, 6.07) is 6.99. The lowest BCUT2D eigenvalue weighted by Crippen LogP contribution is -2.59. The Labute approximate surface area is 216 Å². The van der Waals surface area contributed by atoms with E-state index in [0.717, 1.165) is 16.5 Å². The summed E-state index contributed by atoms with van der Waals surface area (Å²) in [6.07, 6.45) is -4.46. The predicted molar refractivity (Wildman–Crippen MR) is 127 cm³/mol. The molecule has 0 spiro atoms. The highest BCUT2D eigenvalue weighted by molar-refractivity contribution is 6.13. The van der Waals surface area contributed by atoms with Gasteiger partial charge in [0.1, 0.15) is 6.61 Å². The molecule has 0 radical (unpaired) electrons. The number of halogens is 3. The molecule has 2 unspecified atom stereocenters. The molecule has 3 aliphatic rings. The molecule has 2 aromatic carbocycles. The van der Waals surface area contributed by atoms with Gasteiger partial charge in [-0.05, 0) is 67.1 Å². The second-order valence-electron chi connectivity index (χ2n) is 9.54. The van der Waals surface area contributed by atoms with Gasteiger partial charge in [0.25, 0.3) is 0 Å². The summed E-state index contributed by atoms with van der Waals surface area (Å²) in [5, 5.41) is 0. The Balaban J connectivity index is 1.56. The number of hydrogen-bond acceptors (Lipinski definition) is 6. The number of anilines is 1. The molecule has 2 heterocycles. The number of esters is 2. The summed E-state index contributed by atoms with van der Waals surface area (Å²) in [7, 11) is 0. The van der Waals surface area contributed by atoms with Gasteiger partial charge in [-0.2, -0.15) is 13.2 Å². The highest BCUT2D eigenvalue weighted by Gasteiger charge is 2.49. The number of ether oxygens (including phenoxy) is 2. The van der Waals surface area contributed by atoms with E-state index in [4.69, 9.17) is 9.47 Å². The topological polar surface area (TPSA) is 93.2 Å². The molecule has 3 atom stereocenters. The molecule has 1 aliphatic carbocycles. The average Bonchev–Trinajstić information content (AvgIpc) is 3.29. The van der Waals surface area contributed by atoms with Crippen LogP contribution in [-0.2, 0) is 43.1 Å². The number of fused-ring (bicyclic) bond motifs is 2. The number of benzene rings is 2. The first-order valence-electron chi connectivity index (χ1n) is 12.3. The van der Waals surface area contributed by atoms with Crippen LogP contribution in [0.15, 0.2) is 36.4 Å². The van der Waals surface area contributed by atoms with E-state index >= 15 is 0 Å². The van der Waals surface area contributed by atoms with Crippen molar-refractivity contribution in [2.75, 3.05) is 18.1 Å². The van der Waals surface area contributed by atoms with Crippen LogP contribution in [0.3, 0.4) is 0 Å². The molecule has 2 aliphatic heterocycles. The van der Waals surface area contributed by atoms with Gasteiger partial charge in [0.2, 0.25) is 5.91 Å². The Morgan fingerprint density at radius 1 is 1.13 bits per heavy atom. The number of hydrogen-bond donors (Lipinski definition) is 0. The largest absolute Gasteiger partial charge is 0.465 e. The molecule has 38 heavy (non-hydrogen) atoms. The Morgan fingerprint density at radius 3 is 2.61 bits per heavy atom. The zero-order chi connectivity index (χ0) is 27.4. The van der Waals surface area contributed by atoms with Gasteiger partial charge in [-0.1, -0.05) is 18.2 Å². The highest BCUT2D eigenvalue weighted by Crippen LogP contribution is 2.44. The summed E-state index contributed by atoms with van der Waals surface area (Å²) in [5.41, 5.74) is 1.27. The summed E-state index contributed by atoms with van der Waals surface area (Å²) in [6.45, 7) is 3.03. The molecule has 5 rings (SSSR count). The zero-order valence-electron chi connectivity index (χ0n) is 20.7. The van der Waals surface area contributed by atoms with Gasteiger partial charge in [0, 0.05) is 5.69 Å². The molecule has 0 aromatic heterocycles. The Morgan fingerprint density at radius 2 is 1.89 bits per heavy atom. The van der Waals surface area contributed by atoms with Gasteiger partial charge in [-0.25, -0.2) is 4.79 Å². The number of imide groups is 1. The molecule has 3 amide bonds. The molecule has 11 heteroatoms. The molecule has 200 valence electrons. The third-order valence-corrected chi connectivity index (χ3v) is 7.39. The fraction of sp³-hybridized carbons (Fsp3) is 0.407. The molecule has 0 N–H and O–H groups in total. The van der Waals surface area contributed by atoms with E-state index in [1.165, 1.54) is 17.0 Å². The summed E-state index contributed by atoms with van der Waals surface area (Å²) in [4.78, 5) is 54.2. The minimum absolute atomic E-state index is 0.00848. The van der Waals surface area contributed by atoms with Crippen molar-refractivity contribution < 1.29 is 41.8 Å². The number of carbonyl (C=O) groups excluding carboxylic acids is 4. The molecule has 8 nitrogen and oxygen atoms in total. The van der Waals surface area contributed by atoms with Crippen LogP contribution >= 0.6 is 0 Å². The quantitative estimate of drug-likeness (QED) is 0.427. The van der Waals surface area contributed by atoms with Crippen molar-refractivity contribution in [3.63, 3.8) is 0 Å². The minimum atomic E-state index is -4.58. The van der Waals surface area contributed by atoms with E-state index in [0.29, 0.717) is 11.3 Å². The molecule has 0 saturated carbocycles. The zero-order valence-corrected chi connectivity index (χ0v) is 20.7. The van der Waals surface area contributed by atoms with Crippen molar-refractivity contribution in [1.29, 1.82) is 0 Å². The van der Waals surface area contributed by atoms with Crippen LogP contribution in [0.2, 0.25) is 0 Å². The van der Waals surface area contributed by atoms with Crippen molar-refractivity contribution in [3.8, 4) is 0 Å². The normalized spacial score (nSPS) is 23.2. The first kappa shape index (κ1) is 25.7. The van der Waals surface area contributed by atoms with Crippen molar-refractivity contribution in [2.24, 2.45) is 5.92 Å². The SMILES string of the molecule is CCOC(=O)C1CN(c2ccc3c(c2)COC(=O)C3C)C(=O)N([C@@H]2CCc3c2cccc3C(F)(F)F)C1=O. The average molecular weight is 530 g/mol. The van der Waals surface area contributed by atoms with E-state index < -0.39 is 47.5 Å². The predicted octanol–water partition coefficient (Wildman–Crippen LogP) is 4.50. The fourth-order valence-corrected chi connectivity index (χ4v) is 5.53. The van der Waals surface area contributed by atoms with Crippen LogP contribution < -0.4 is 4.90 Å². The number of alkyl halides is 3. The minimum Gasteiger partial charge on any atom is -0.465 e. The molecular weight excluding hydrogens is 505 g/mol. The molecule has 1 fully saturated rings. The smallest absolute Gasteiger partial charge is 0.416 e. The number of nitrogens with zero attached hydrogens (tertiary/aromatic N) is 2. The lowest BCUT2D eigenvalue weighted by molar-refractivity contribution is -0.155. The number of amides is 3. The van der Waals surface area contributed by atoms with Crippen molar-refractivity contribution in [1.82, 2.24) is 4.90 Å². The lowest BCUT2D eigenvalue weighted by atomic mass is 9.93. The fourth-order valence-electron chi connectivity index (χ4n) is 5.53. The van der Waals surface area contributed by atoms with Crippen molar-refractivity contribution in [3.05, 3.63) is 64.2 Å². The lowest BCUT2D eigenvalue weighted by Gasteiger charge is -2.40. The van der Waals surface area contributed by atoms with E-state index in [1.54, 1.807) is 32.0 Å².